The van der Waals surface area contributed by atoms with E-state index in [1.165, 1.54) is 76.8 Å². The molecule has 0 unspecified atom stereocenters. The van der Waals surface area contributed by atoms with Crippen LogP contribution in [0.5, 0.6) is 0 Å². The molecule has 0 N–H and O–H groups in total. The molecule has 64 heavy (non-hydrogen) atoms. The number of hydrogen-bond donors (Lipinski definition) is 0. The van der Waals surface area contributed by atoms with Gasteiger partial charge in [0.2, 0.25) is 0 Å². The van der Waals surface area contributed by atoms with Crippen molar-refractivity contribution >= 4 is 60.4 Å². The maximum absolute atomic E-state index is 2.46. The van der Waals surface area contributed by atoms with Gasteiger partial charge in [-0.3, -0.25) is 0 Å². The minimum Gasteiger partial charge on any atom is -0.309 e. The van der Waals surface area contributed by atoms with Gasteiger partial charge in [0, 0.05) is 27.7 Å². The summed E-state index contributed by atoms with van der Waals surface area (Å²) in [5, 5.41) is 7.43. The van der Waals surface area contributed by atoms with Crippen molar-refractivity contribution in [2.45, 2.75) is 0 Å². The van der Waals surface area contributed by atoms with Crippen LogP contribution < -0.4 is 4.90 Å². The molecule has 0 bridgehead atoms. The molecule has 12 rings (SSSR count). The molecular weight excluding hydrogens is 773 g/mol. The SMILES string of the molecule is c1ccc(-c2ccccc2N(c2ccc(-c3ccc4c(c3)c(-c3ccccc3)c(-c3ccccc3)c3ccccc34)cc2)c2cccc3c2c2ccccc2n3-c2ccccc2)cc1. The van der Waals surface area contributed by atoms with E-state index in [1.54, 1.807) is 0 Å². The molecule has 0 amide bonds. The Morgan fingerprint density at radius 3 is 1.48 bits per heavy atom. The normalized spacial score (nSPS) is 11.4. The average Bonchev–Trinajstić information content (AvgIpc) is 3.72. The van der Waals surface area contributed by atoms with Crippen molar-refractivity contribution in [3.05, 3.63) is 255 Å². The first-order valence-electron chi connectivity index (χ1n) is 22.0. The summed E-state index contributed by atoms with van der Waals surface area (Å²) >= 11 is 0. The fourth-order valence-electron chi connectivity index (χ4n) is 9.96. The maximum Gasteiger partial charge on any atom is 0.0562 e. The van der Waals surface area contributed by atoms with E-state index in [9.17, 15) is 0 Å². The van der Waals surface area contributed by atoms with E-state index >= 15 is 0 Å². The lowest BCUT2D eigenvalue weighted by Gasteiger charge is -2.29. The molecule has 0 saturated carbocycles. The van der Waals surface area contributed by atoms with E-state index in [1.807, 2.05) is 0 Å². The monoisotopic (exact) mass is 814 g/mol. The van der Waals surface area contributed by atoms with Crippen molar-refractivity contribution in [1.82, 2.24) is 4.57 Å². The highest BCUT2D eigenvalue weighted by Crippen LogP contribution is 2.48. The molecule has 0 aliphatic rings. The summed E-state index contributed by atoms with van der Waals surface area (Å²) in [5.74, 6) is 0. The minimum atomic E-state index is 1.08. The fourth-order valence-corrected chi connectivity index (χ4v) is 9.96. The lowest BCUT2D eigenvalue weighted by Crippen LogP contribution is -2.11. The van der Waals surface area contributed by atoms with E-state index in [2.05, 4.69) is 264 Å². The number of anilines is 3. The van der Waals surface area contributed by atoms with Gasteiger partial charge in [-0.1, -0.05) is 200 Å². The van der Waals surface area contributed by atoms with E-state index < -0.39 is 0 Å². The van der Waals surface area contributed by atoms with Crippen LogP contribution in [0.25, 0.3) is 93.5 Å². The van der Waals surface area contributed by atoms with Crippen LogP contribution in [0.1, 0.15) is 0 Å². The van der Waals surface area contributed by atoms with Crippen LogP contribution >= 0.6 is 0 Å². The lowest BCUT2D eigenvalue weighted by atomic mass is 9.84. The molecule has 11 aromatic carbocycles. The number of fused-ring (bicyclic) bond motifs is 6. The molecule has 0 atom stereocenters. The van der Waals surface area contributed by atoms with E-state index in [-0.39, 0.29) is 0 Å². The number of benzene rings is 11. The molecule has 1 heterocycles. The average molecular weight is 815 g/mol. The van der Waals surface area contributed by atoms with Gasteiger partial charge in [-0.05, 0) is 115 Å². The third kappa shape index (κ3) is 6.27. The summed E-state index contributed by atoms with van der Waals surface area (Å²) in [6, 6.07) is 92.6. The summed E-state index contributed by atoms with van der Waals surface area (Å²) in [5.41, 5.74) is 16.4. The predicted molar refractivity (Wildman–Crippen MR) is 272 cm³/mol. The standard InChI is InChI=1S/C62H42N2/c1-5-20-44(21-6-1)50-28-15-17-32-56(50)64(59-35-19-34-58-62(59)54-31-16-18-33-57(54)63(58)48-26-11-4-12-27-48)49-39-36-43(37-40-49)47-38-41-52-51-29-13-14-30-53(51)60(45-22-7-2-8-23-45)61(55(52)42-47)46-24-9-3-10-25-46/h1-42H. The van der Waals surface area contributed by atoms with Crippen molar-refractivity contribution < 1.29 is 0 Å². The van der Waals surface area contributed by atoms with E-state index in [4.69, 9.17) is 0 Å². The zero-order valence-corrected chi connectivity index (χ0v) is 35.1. The summed E-state index contributed by atoms with van der Waals surface area (Å²) in [7, 11) is 0. The van der Waals surface area contributed by atoms with Crippen LogP contribution in [0.4, 0.5) is 17.1 Å². The number of aromatic nitrogens is 1. The quantitative estimate of drug-likeness (QED) is 0.139. The smallest absolute Gasteiger partial charge is 0.0562 e. The summed E-state index contributed by atoms with van der Waals surface area (Å²) in [4.78, 5) is 2.46. The Morgan fingerprint density at radius 1 is 0.281 bits per heavy atom. The van der Waals surface area contributed by atoms with Crippen LogP contribution in [0.3, 0.4) is 0 Å². The molecule has 2 heteroatoms. The number of rotatable bonds is 8. The Bertz CT molecular complexity index is 3630. The Balaban J connectivity index is 1.07. The Labute approximate surface area is 373 Å². The number of hydrogen-bond acceptors (Lipinski definition) is 1. The third-order valence-electron chi connectivity index (χ3n) is 12.8. The number of para-hydroxylation sites is 3. The molecule has 0 spiro atoms. The van der Waals surface area contributed by atoms with Gasteiger partial charge in [-0.15, -0.1) is 0 Å². The van der Waals surface area contributed by atoms with Crippen molar-refractivity contribution in [2.24, 2.45) is 0 Å². The van der Waals surface area contributed by atoms with Crippen molar-refractivity contribution in [3.8, 4) is 50.2 Å². The largest absolute Gasteiger partial charge is 0.309 e. The summed E-state index contributed by atoms with van der Waals surface area (Å²) in [6.45, 7) is 0. The molecule has 0 aliphatic heterocycles. The van der Waals surface area contributed by atoms with Crippen LogP contribution in [0.2, 0.25) is 0 Å². The molecule has 0 radical (unpaired) electrons. The van der Waals surface area contributed by atoms with Crippen LogP contribution in [-0.2, 0) is 0 Å². The predicted octanol–water partition coefficient (Wildman–Crippen LogP) is 17.2. The Kier molecular flexibility index (Phi) is 9.20. The van der Waals surface area contributed by atoms with Gasteiger partial charge in [0.15, 0.2) is 0 Å². The van der Waals surface area contributed by atoms with E-state index in [0.717, 1.165) is 33.8 Å². The lowest BCUT2D eigenvalue weighted by molar-refractivity contribution is 1.18. The van der Waals surface area contributed by atoms with Gasteiger partial charge >= 0.3 is 0 Å². The first kappa shape index (κ1) is 37.3. The van der Waals surface area contributed by atoms with Gasteiger partial charge in [0.25, 0.3) is 0 Å². The first-order chi connectivity index (χ1) is 31.8. The molecule has 0 aliphatic carbocycles. The van der Waals surface area contributed by atoms with Gasteiger partial charge in [0.1, 0.15) is 0 Å². The molecule has 300 valence electrons. The van der Waals surface area contributed by atoms with Crippen LogP contribution in [0, 0.1) is 0 Å². The number of nitrogens with zero attached hydrogens (tertiary/aromatic N) is 2. The van der Waals surface area contributed by atoms with E-state index in [0.29, 0.717) is 0 Å². The third-order valence-corrected chi connectivity index (χ3v) is 12.8. The molecule has 0 saturated heterocycles. The molecule has 2 nitrogen and oxygen atoms in total. The highest BCUT2D eigenvalue weighted by Gasteiger charge is 2.24. The van der Waals surface area contributed by atoms with Gasteiger partial charge in [-0.25, -0.2) is 0 Å². The molecular formula is C62H42N2. The summed E-state index contributed by atoms with van der Waals surface area (Å²) in [6.07, 6.45) is 0. The Morgan fingerprint density at radius 2 is 0.781 bits per heavy atom. The fraction of sp³-hybridized carbons (Fsp3) is 0. The van der Waals surface area contributed by atoms with Gasteiger partial charge < -0.3 is 9.47 Å². The van der Waals surface area contributed by atoms with Crippen LogP contribution in [-0.4, -0.2) is 4.57 Å². The van der Waals surface area contributed by atoms with Gasteiger partial charge in [-0.2, -0.15) is 0 Å². The second-order valence-electron chi connectivity index (χ2n) is 16.4. The highest BCUT2D eigenvalue weighted by atomic mass is 15.2. The van der Waals surface area contributed by atoms with Crippen molar-refractivity contribution in [1.29, 1.82) is 0 Å². The Hall–Kier alpha value is -8.46. The molecule has 1 aromatic heterocycles. The zero-order valence-electron chi connectivity index (χ0n) is 35.1. The summed E-state index contributed by atoms with van der Waals surface area (Å²) < 4.78 is 2.40. The zero-order chi connectivity index (χ0) is 42.4. The van der Waals surface area contributed by atoms with Crippen LogP contribution in [0.15, 0.2) is 255 Å². The highest BCUT2D eigenvalue weighted by molar-refractivity contribution is 6.22. The second kappa shape index (κ2) is 15.8. The topological polar surface area (TPSA) is 8.17 Å². The minimum absolute atomic E-state index is 1.08. The molecule has 12 aromatic rings. The molecule has 0 fully saturated rings. The van der Waals surface area contributed by atoms with Crippen molar-refractivity contribution in [3.63, 3.8) is 0 Å². The maximum atomic E-state index is 2.46. The second-order valence-corrected chi connectivity index (χ2v) is 16.4. The first-order valence-corrected chi connectivity index (χ1v) is 22.0. The van der Waals surface area contributed by atoms with Gasteiger partial charge in [0.05, 0.1) is 22.4 Å². The van der Waals surface area contributed by atoms with Crippen molar-refractivity contribution in [2.75, 3.05) is 4.90 Å².